The SMILES string of the molecule is O=C(O)c1ccccc1Nc1ncc(Nc2ccc(C34CC5CC(CC(C5)C3)C4)cc2Cl)cn1. The molecule has 7 heteroatoms. The van der Waals surface area contributed by atoms with Gasteiger partial charge in [-0.15, -0.1) is 0 Å². The molecule has 6 nitrogen and oxygen atoms in total. The molecule has 0 saturated heterocycles. The van der Waals surface area contributed by atoms with Gasteiger partial charge in [0, 0.05) is 0 Å². The predicted octanol–water partition coefficient (Wildman–Crippen LogP) is 6.78. The summed E-state index contributed by atoms with van der Waals surface area (Å²) in [5.41, 5.74) is 3.87. The molecular formula is C27H27ClN4O2. The first-order chi connectivity index (χ1) is 16.5. The number of aromatic nitrogens is 2. The number of rotatable bonds is 6. The molecule has 4 aliphatic rings. The van der Waals surface area contributed by atoms with E-state index in [4.69, 9.17) is 11.6 Å². The van der Waals surface area contributed by atoms with Crippen molar-refractivity contribution in [2.45, 2.75) is 43.9 Å². The quantitative estimate of drug-likeness (QED) is 0.365. The van der Waals surface area contributed by atoms with E-state index in [9.17, 15) is 9.90 Å². The Morgan fingerprint density at radius 2 is 1.56 bits per heavy atom. The number of halogens is 1. The normalized spacial score (nSPS) is 26.9. The molecule has 4 bridgehead atoms. The second-order valence-electron chi connectivity index (χ2n) is 10.3. The van der Waals surface area contributed by atoms with Crippen LogP contribution >= 0.6 is 11.6 Å². The zero-order valence-electron chi connectivity index (χ0n) is 18.8. The number of aromatic carboxylic acids is 1. The molecule has 4 aliphatic carbocycles. The van der Waals surface area contributed by atoms with Gasteiger partial charge in [-0.05, 0) is 91.5 Å². The molecule has 4 fully saturated rings. The van der Waals surface area contributed by atoms with E-state index >= 15 is 0 Å². The number of carboxylic acids is 1. The van der Waals surface area contributed by atoms with Crippen LogP contribution in [0, 0.1) is 17.8 Å². The molecule has 1 heterocycles. The van der Waals surface area contributed by atoms with Crippen LogP contribution in [0.4, 0.5) is 23.0 Å². The fourth-order valence-electron chi connectivity index (χ4n) is 6.92. The maximum Gasteiger partial charge on any atom is 0.337 e. The number of nitrogens with zero attached hydrogens (tertiary/aromatic N) is 2. The predicted molar refractivity (Wildman–Crippen MR) is 133 cm³/mol. The summed E-state index contributed by atoms with van der Waals surface area (Å²) < 4.78 is 0. The van der Waals surface area contributed by atoms with Gasteiger partial charge >= 0.3 is 5.97 Å². The Balaban J connectivity index is 1.17. The lowest BCUT2D eigenvalue weighted by Crippen LogP contribution is -2.48. The summed E-state index contributed by atoms with van der Waals surface area (Å²) in [6.07, 6.45) is 11.5. The Bertz CT molecular complexity index is 1210. The number of nitrogens with one attached hydrogen (secondary N) is 2. The van der Waals surface area contributed by atoms with Gasteiger partial charge in [0.15, 0.2) is 0 Å². The van der Waals surface area contributed by atoms with E-state index in [-0.39, 0.29) is 5.56 Å². The first-order valence-electron chi connectivity index (χ1n) is 12.0. The highest BCUT2D eigenvalue weighted by atomic mass is 35.5. The minimum Gasteiger partial charge on any atom is -0.478 e. The van der Waals surface area contributed by atoms with Crippen molar-refractivity contribution in [3.05, 3.63) is 71.0 Å². The van der Waals surface area contributed by atoms with Crippen molar-refractivity contribution >= 4 is 40.6 Å². The van der Waals surface area contributed by atoms with E-state index in [0.29, 0.717) is 27.8 Å². The van der Waals surface area contributed by atoms with Crippen LogP contribution < -0.4 is 10.6 Å². The van der Waals surface area contributed by atoms with Crippen molar-refractivity contribution < 1.29 is 9.90 Å². The summed E-state index contributed by atoms with van der Waals surface area (Å²) in [6, 6.07) is 13.2. The lowest BCUT2D eigenvalue weighted by atomic mass is 9.48. The molecular weight excluding hydrogens is 448 g/mol. The summed E-state index contributed by atoms with van der Waals surface area (Å²) >= 11 is 6.73. The molecule has 3 aromatic rings. The van der Waals surface area contributed by atoms with E-state index in [0.717, 1.165) is 23.4 Å². The molecule has 174 valence electrons. The van der Waals surface area contributed by atoms with Gasteiger partial charge in [0.25, 0.3) is 0 Å². The van der Waals surface area contributed by atoms with Crippen LogP contribution in [-0.4, -0.2) is 21.0 Å². The van der Waals surface area contributed by atoms with Crippen LogP contribution in [0.5, 0.6) is 0 Å². The summed E-state index contributed by atoms with van der Waals surface area (Å²) in [5.74, 6) is 2.01. The summed E-state index contributed by atoms with van der Waals surface area (Å²) in [4.78, 5) is 20.0. The molecule has 7 rings (SSSR count). The third-order valence-electron chi connectivity index (χ3n) is 7.95. The van der Waals surface area contributed by atoms with Crippen molar-refractivity contribution in [3.8, 4) is 0 Å². The van der Waals surface area contributed by atoms with Crippen LogP contribution in [-0.2, 0) is 5.41 Å². The minimum atomic E-state index is -1.01. The molecule has 2 aromatic carbocycles. The van der Waals surface area contributed by atoms with Crippen molar-refractivity contribution in [1.29, 1.82) is 0 Å². The summed E-state index contributed by atoms with van der Waals surface area (Å²) in [5, 5.41) is 16.3. The third kappa shape index (κ3) is 3.90. The molecule has 0 unspecified atom stereocenters. The number of hydrogen-bond acceptors (Lipinski definition) is 5. The van der Waals surface area contributed by atoms with Crippen LogP contribution in [0.25, 0.3) is 0 Å². The van der Waals surface area contributed by atoms with E-state index in [2.05, 4.69) is 38.8 Å². The van der Waals surface area contributed by atoms with Crippen molar-refractivity contribution in [1.82, 2.24) is 9.97 Å². The fraction of sp³-hybridized carbons (Fsp3) is 0.370. The average Bonchev–Trinajstić information content (AvgIpc) is 2.81. The first kappa shape index (κ1) is 21.4. The highest BCUT2D eigenvalue weighted by molar-refractivity contribution is 6.33. The second-order valence-corrected chi connectivity index (χ2v) is 10.7. The van der Waals surface area contributed by atoms with Gasteiger partial charge in [0.2, 0.25) is 5.95 Å². The van der Waals surface area contributed by atoms with Crippen molar-refractivity contribution in [2.75, 3.05) is 10.6 Å². The van der Waals surface area contributed by atoms with E-state index in [1.54, 1.807) is 30.6 Å². The van der Waals surface area contributed by atoms with Crippen molar-refractivity contribution in [2.24, 2.45) is 17.8 Å². The van der Waals surface area contributed by atoms with Crippen LogP contribution in [0.3, 0.4) is 0 Å². The van der Waals surface area contributed by atoms with Gasteiger partial charge in [-0.2, -0.15) is 0 Å². The largest absolute Gasteiger partial charge is 0.478 e. The topological polar surface area (TPSA) is 87.1 Å². The maximum absolute atomic E-state index is 11.4. The Kier molecular flexibility index (Phi) is 5.21. The smallest absolute Gasteiger partial charge is 0.337 e. The lowest BCUT2D eigenvalue weighted by molar-refractivity contribution is -0.00518. The second kappa shape index (κ2) is 8.27. The zero-order chi connectivity index (χ0) is 23.3. The number of carbonyl (C=O) groups is 1. The van der Waals surface area contributed by atoms with Crippen LogP contribution in [0.1, 0.15) is 54.4 Å². The Labute approximate surface area is 203 Å². The average molecular weight is 475 g/mol. The van der Waals surface area contributed by atoms with E-state index in [1.807, 2.05) is 0 Å². The van der Waals surface area contributed by atoms with E-state index < -0.39 is 5.97 Å². The Morgan fingerprint density at radius 1 is 0.912 bits per heavy atom. The van der Waals surface area contributed by atoms with Gasteiger partial charge in [-0.25, -0.2) is 14.8 Å². The number of anilines is 4. The molecule has 0 spiro atoms. The molecule has 0 amide bonds. The van der Waals surface area contributed by atoms with Gasteiger partial charge in [-0.3, -0.25) is 0 Å². The highest BCUT2D eigenvalue weighted by Gasteiger charge is 2.51. The molecule has 34 heavy (non-hydrogen) atoms. The fourth-order valence-corrected chi connectivity index (χ4v) is 7.15. The molecule has 4 saturated carbocycles. The Hall–Kier alpha value is -3.12. The first-order valence-corrected chi connectivity index (χ1v) is 12.3. The minimum absolute atomic E-state index is 0.166. The van der Waals surface area contributed by atoms with Crippen molar-refractivity contribution in [3.63, 3.8) is 0 Å². The van der Waals surface area contributed by atoms with Gasteiger partial charge in [-0.1, -0.05) is 29.8 Å². The summed E-state index contributed by atoms with van der Waals surface area (Å²) in [6.45, 7) is 0. The standard InChI is InChI=1S/C27H27ClN4O2/c28-22-10-19(27-11-16-7-17(12-27)9-18(8-16)13-27)5-6-24(22)31-20-14-29-26(30-15-20)32-23-4-2-1-3-21(23)25(33)34/h1-6,10,14-18,31H,7-9,11-13H2,(H,33,34)(H,29,30,32). The van der Waals surface area contributed by atoms with Gasteiger partial charge in [0.05, 0.1) is 40.0 Å². The highest BCUT2D eigenvalue weighted by Crippen LogP contribution is 2.61. The van der Waals surface area contributed by atoms with Gasteiger partial charge < -0.3 is 15.7 Å². The summed E-state index contributed by atoms with van der Waals surface area (Å²) in [7, 11) is 0. The third-order valence-corrected chi connectivity index (χ3v) is 8.27. The molecule has 1 aromatic heterocycles. The van der Waals surface area contributed by atoms with Gasteiger partial charge in [0.1, 0.15) is 0 Å². The lowest BCUT2D eigenvalue weighted by Gasteiger charge is -2.57. The maximum atomic E-state index is 11.4. The van der Waals surface area contributed by atoms with Crippen LogP contribution in [0.2, 0.25) is 5.02 Å². The molecule has 0 aliphatic heterocycles. The monoisotopic (exact) mass is 474 g/mol. The Morgan fingerprint density at radius 3 is 2.18 bits per heavy atom. The molecule has 0 radical (unpaired) electrons. The molecule has 0 atom stereocenters. The van der Waals surface area contributed by atoms with E-state index in [1.165, 1.54) is 50.2 Å². The number of benzene rings is 2. The number of carboxylic acid groups (broad SMARTS) is 1. The number of hydrogen-bond donors (Lipinski definition) is 3. The van der Waals surface area contributed by atoms with Crippen LogP contribution in [0.15, 0.2) is 54.9 Å². The zero-order valence-corrected chi connectivity index (χ0v) is 19.6. The number of para-hydroxylation sites is 1. The molecule has 3 N–H and O–H groups in total.